The fraction of sp³-hybridized carbons (Fsp3) is 0.289. The van der Waals surface area contributed by atoms with Gasteiger partial charge >= 0.3 is 5.97 Å². The number of carbonyl (C=O) groups excluding carboxylic acids is 4. The largest absolute Gasteiger partial charge is 0.508 e. The highest BCUT2D eigenvalue weighted by molar-refractivity contribution is 6.30. The molecule has 11 nitrogen and oxygen atoms in total. The number of carboxylic acid groups (broad SMARTS) is 1. The fourth-order valence-electron chi connectivity index (χ4n) is 8.96. The zero-order valence-corrected chi connectivity index (χ0v) is 27.7. The monoisotopic (exact) mass is 711 g/mol. The number of hydrogen-bond donors (Lipinski definition) is 3. The van der Waals surface area contributed by atoms with Crippen LogP contribution in [0.15, 0.2) is 90.2 Å². The maximum Gasteiger partial charge on any atom is 0.305 e. The number of aliphatic carboxylic acids is 1. The molecule has 2 aliphatic carbocycles. The van der Waals surface area contributed by atoms with E-state index in [9.17, 15) is 33.8 Å². The van der Waals surface area contributed by atoms with Crippen LogP contribution in [0.5, 0.6) is 11.5 Å². The van der Waals surface area contributed by atoms with Gasteiger partial charge in [-0.3, -0.25) is 34.3 Å². The lowest BCUT2D eigenvalue weighted by atomic mass is 9.48. The minimum absolute atomic E-state index is 0.0171. The molecule has 3 aromatic rings. The summed E-state index contributed by atoms with van der Waals surface area (Å²) in [5.74, 6) is -7.39. The molecule has 3 aliphatic heterocycles. The summed E-state index contributed by atoms with van der Waals surface area (Å²) < 4.78 is 19.9. The molecule has 3 N–H and O–H groups in total. The van der Waals surface area contributed by atoms with E-state index in [1.54, 1.807) is 42.7 Å². The molecular weight excluding hydrogens is 681 g/mol. The number of rotatable bonds is 7. The van der Waals surface area contributed by atoms with Crippen LogP contribution in [0.25, 0.3) is 0 Å². The molecule has 8 rings (SSSR count). The molecule has 3 heterocycles. The number of carboxylic acids is 1. The molecule has 260 valence electrons. The number of anilines is 1. The van der Waals surface area contributed by atoms with E-state index < -0.39 is 76.8 Å². The predicted octanol–water partition coefficient (Wildman–Crippen LogP) is 5.00. The highest BCUT2D eigenvalue weighted by Crippen LogP contribution is 2.63. The number of likely N-dealkylation sites (tertiary alicyclic amines) is 1. The summed E-state index contributed by atoms with van der Waals surface area (Å²) in [6.07, 6.45) is 3.49. The van der Waals surface area contributed by atoms with Crippen molar-refractivity contribution >= 4 is 46.9 Å². The van der Waals surface area contributed by atoms with E-state index in [1.165, 1.54) is 30.3 Å². The molecule has 4 amide bonds. The number of carbonyl (C=O) groups is 5. The minimum atomic E-state index is -1.58. The summed E-state index contributed by atoms with van der Waals surface area (Å²) in [5.41, 5.74) is 4.10. The van der Waals surface area contributed by atoms with Crippen LogP contribution < -0.4 is 10.2 Å². The van der Waals surface area contributed by atoms with Gasteiger partial charge in [0, 0.05) is 29.5 Å². The molecule has 51 heavy (non-hydrogen) atoms. The topological polar surface area (TPSA) is 154 Å². The van der Waals surface area contributed by atoms with Crippen LogP contribution in [0.2, 0.25) is 5.02 Å². The molecule has 1 saturated carbocycles. The molecule has 3 aromatic carbocycles. The fourth-order valence-corrected chi connectivity index (χ4v) is 9.09. The van der Waals surface area contributed by atoms with Crippen molar-refractivity contribution in [2.75, 3.05) is 12.0 Å². The number of hydrogen-bond acceptors (Lipinski definition) is 8. The van der Waals surface area contributed by atoms with E-state index in [1.807, 2.05) is 6.08 Å². The number of hydrazine groups is 1. The lowest BCUT2D eigenvalue weighted by Crippen LogP contribution is -2.55. The van der Waals surface area contributed by atoms with Gasteiger partial charge in [-0.2, -0.15) is 5.01 Å². The molecule has 5 aliphatic rings. The Bertz CT molecular complexity index is 2080. The number of ether oxygens (including phenoxy) is 1. The number of phenolic OH excluding ortho intramolecular Hbond substituents is 1. The Kier molecular flexibility index (Phi) is 7.75. The summed E-state index contributed by atoms with van der Waals surface area (Å²) in [5, 5.41) is 21.0. The van der Waals surface area contributed by atoms with Gasteiger partial charge in [0.2, 0.25) is 11.8 Å². The average molecular weight is 712 g/mol. The van der Waals surface area contributed by atoms with Crippen molar-refractivity contribution in [3.8, 4) is 11.5 Å². The molecule has 0 aromatic heterocycles. The second-order valence-corrected chi connectivity index (χ2v) is 14.1. The first-order chi connectivity index (χ1) is 24.5. The van der Waals surface area contributed by atoms with Gasteiger partial charge in [-0.25, -0.2) is 4.39 Å². The number of allylic oxidation sites excluding steroid dienone is 3. The van der Waals surface area contributed by atoms with Gasteiger partial charge in [0.25, 0.3) is 11.8 Å². The van der Waals surface area contributed by atoms with Crippen molar-refractivity contribution in [3.05, 3.63) is 112 Å². The van der Waals surface area contributed by atoms with Gasteiger partial charge < -0.3 is 14.9 Å². The highest BCUT2D eigenvalue weighted by atomic mass is 35.5. The van der Waals surface area contributed by atoms with Gasteiger partial charge in [0.15, 0.2) is 0 Å². The first-order valence-electron chi connectivity index (χ1n) is 16.6. The molecular formula is C38H31ClFN3O8. The van der Waals surface area contributed by atoms with Crippen molar-refractivity contribution in [1.29, 1.82) is 0 Å². The van der Waals surface area contributed by atoms with Gasteiger partial charge in [-0.15, -0.1) is 0 Å². The van der Waals surface area contributed by atoms with Gasteiger partial charge in [-0.05, 0) is 84.5 Å². The average Bonchev–Trinajstić information content (AvgIpc) is 3.48. The molecule has 0 spiro atoms. The second-order valence-electron chi connectivity index (χ2n) is 13.6. The van der Waals surface area contributed by atoms with E-state index in [0.717, 1.165) is 9.91 Å². The molecule has 2 saturated heterocycles. The van der Waals surface area contributed by atoms with Crippen LogP contribution in [0, 0.1) is 35.4 Å². The first kappa shape index (κ1) is 32.7. The Hall–Kier alpha value is -5.49. The van der Waals surface area contributed by atoms with Crippen molar-refractivity contribution < 1.29 is 43.3 Å². The third-order valence-corrected chi connectivity index (χ3v) is 11.3. The summed E-state index contributed by atoms with van der Waals surface area (Å²) >= 11 is 6.34. The van der Waals surface area contributed by atoms with Crippen LogP contribution in [0.4, 0.5) is 10.1 Å². The third-order valence-electron chi connectivity index (χ3n) is 11.0. The Morgan fingerprint density at radius 3 is 2.45 bits per heavy atom. The zero-order valence-electron chi connectivity index (χ0n) is 26.9. The third kappa shape index (κ3) is 5.03. The second kappa shape index (κ2) is 12.1. The molecule has 13 heteroatoms. The summed E-state index contributed by atoms with van der Waals surface area (Å²) in [6, 6.07) is 16.6. The van der Waals surface area contributed by atoms with Crippen LogP contribution >= 0.6 is 11.6 Å². The minimum Gasteiger partial charge on any atom is -0.508 e. The predicted molar refractivity (Wildman–Crippen MR) is 179 cm³/mol. The highest BCUT2D eigenvalue weighted by Gasteiger charge is 2.70. The molecule has 0 radical (unpaired) electrons. The number of halogens is 2. The van der Waals surface area contributed by atoms with Crippen LogP contribution in [0.3, 0.4) is 0 Å². The van der Waals surface area contributed by atoms with Crippen LogP contribution in [-0.2, 0) is 35.8 Å². The van der Waals surface area contributed by atoms with Gasteiger partial charge in [0.1, 0.15) is 17.3 Å². The SMILES string of the molecule is O=C(O)CCN1C(=O)C2CC=C3C(CC4C(=O)N(Nc5ccc(F)cc5)C(=O)C4(c4ccc(Cl)cc4)C3C3=COc4ccc(O)cc4C3)C2C1=O. The standard InChI is InChI=1S/C38H31ClFN3O8/c39-22-3-1-21(2-4-22)38-29(35(48)43(37(38)50)41-24-7-5-23(40)6-8-24)17-28-26(33(38)20-15-19-16-25(44)9-12-30(19)51-18-20)10-11-27-32(28)36(49)42(34(27)47)14-13-31(45)46/h1-10,12,16,18,27-29,32-33,41,44H,11,13-15,17H2,(H,45,46). The number of benzene rings is 3. The summed E-state index contributed by atoms with van der Waals surface area (Å²) in [6.45, 7) is -0.268. The van der Waals surface area contributed by atoms with Gasteiger partial charge in [-0.1, -0.05) is 35.4 Å². The van der Waals surface area contributed by atoms with E-state index >= 15 is 4.79 Å². The van der Waals surface area contributed by atoms with E-state index in [4.69, 9.17) is 16.3 Å². The molecule has 6 unspecified atom stereocenters. The Morgan fingerprint density at radius 2 is 1.73 bits per heavy atom. The number of amides is 4. The number of nitrogens with one attached hydrogen (secondary N) is 1. The lowest BCUT2D eigenvalue weighted by molar-refractivity contribution is -0.143. The summed E-state index contributed by atoms with van der Waals surface area (Å²) in [4.78, 5) is 70.0. The van der Waals surface area contributed by atoms with Crippen molar-refractivity contribution in [2.45, 2.75) is 31.1 Å². The lowest BCUT2D eigenvalue weighted by Gasteiger charge is -2.51. The maximum absolute atomic E-state index is 15.2. The first-order valence-corrected chi connectivity index (χ1v) is 17.0. The number of aromatic hydroxyl groups is 1. The summed E-state index contributed by atoms with van der Waals surface area (Å²) in [7, 11) is 0. The quantitative estimate of drug-likeness (QED) is 0.227. The molecule has 6 atom stereocenters. The molecule has 0 bridgehead atoms. The van der Waals surface area contributed by atoms with Crippen molar-refractivity contribution in [3.63, 3.8) is 0 Å². The van der Waals surface area contributed by atoms with Crippen molar-refractivity contribution in [1.82, 2.24) is 9.91 Å². The van der Waals surface area contributed by atoms with E-state index in [0.29, 0.717) is 38.7 Å². The number of imide groups is 2. The van der Waals surface area contributed by atoms with Crippen molar-refractivity contribution in [2.24, 2.45) is 29.6 Å². The zero-order chi connectivity index (χ0) is 35.8. The van der Waals surface area contributed by atoms with Crippen LogP contribution in [-0.4, -0.2) is 56.3 Å². The number of nitrogens with zero attached hydrogens (tertiary/aromatic N) is 2. The Balaban J connectivity index is 1.31. The smallest absolute Gasteiger partial charge is 0.305 e. The molecule has 3 fully saturated rings. The van der Waals surface area contributed by atoms with Crippen LogP contribution in [0.1, 0.15) is 30.4 Å². The number of phenols is 1. The van der Waals surface area contributed by atoms with E-state index in [-0.39, 0.29) is 31.6 Å². The normalized spacial score (nSPS) is 27.9. The maximum atomic E-state index is 15.2. The Labute approximate surface area is 295 Å². The van der Waals surface area contributed by atoms with E-state index in [2.05, 4.69) is 5.43 Å². The number of fused-ring (bicyclic) bond motifs is 5. The Morgan fingerprint density at radius 1 is 0.980 bits per heavy atom. The van der Waals surface area contributed by atoms with Gasteiger partial charge in [0.05, 0.1) is 41.5 Å².